The normalized spacial score (nSPS) is 19.0. The lowest BCUT2D eigenvalue weighted by Crippen LogP contribution is -2.47. The van der Waals surface area contributed by atoms with E-state index < -0.39 is 4.92 Å². The molecule has 7 nitrogen and oxygen atoms in total. The number of rotatable bonds is 2. The molecule has 7 heteroatoms. The molecule has 2 amide bonds. The molecule has 0 spiro atoms. The van der Waals surface area contributed by atoms with Gasteiger partial charge >= 0.3 is 6.03 Å². The van der Waals surface area contributed by atoms with Gasteiger partial charge in [0.1, 0.15) is 0 Å². The maximum absolute atomic E-state index is 12.0. The first-order chi connectivity index (χ1) is 9.06. The van der Waals surface area contributed by atoms with Crippen LogP contribution in [-0.2, 0) is 0 Å². The molecule has 0 aromatic heterocycles. The molecule has 0 bridgehead atoms. The first kappa shape index (κ1) is 13.3. The minimum absolute atomic E-state index is 0.00427. The molecule has 0 aliphatic carbocycles. The predicted octanol–water partition coefficient (Wildman–Crippen LogP) is 1.55. The smallest absolute Gasteiger partial charge is 0.321 e. The topological polar surface area (TPSA) is 102 Å². The molecular formula is C12H16N4O3. The Kier molecular flexibility index (Phi) is 3.96. The Bertz CT molecular complexity index is 492. The van der Waals surface area contributed by atoms with Crippen LogP contribution >= 0.6 is 0 Å². The second kappa shape index (κ2) is 5.66. The van der Waals surface area contributed by atoms with E-state index >= 15 is 0 Å². The van der Waals surface area contributed by atoms with Gasteiger partial charge in [0.15, 0.2) is 0 Å². The molecule has 1 atom stereocenters. The van der Waals surface area contributed by atoms with Gasteiger partial charge in [-0.2, -0.15) is 0 Å². The lowest BCUT2D eigenvalue weighted by Gasteiger charge is -2.30. The number of non-ortho nitro benzene ring substituents is 1. The van der Waals surface area contributed by atoms with E-state index in [0.717, 1.165) is 12.8 Å². The summed E-state index contributed by atoms with van der Waals surface area (Å²) in [6.45, 7) is 1.18. The highest BCUT2D eigenvalue weighted by Gasteiger charge is 2.21. The number of hydrogen-bond acceptors (Lipinski definition) is 4. The van der Waals surface area contributed by atoms with E-state index in [-0.39, 0.29) is 17.8 Å². The fourth-order valence-electron chi connectivity index (χ4n) is 2.09. The van der Waals surface area contributed by atoms with Gasteiger partial charge in [-0.1, -0.05) is 6.07 Å². The van der Waals surface area contributed by atoms with Gasteiger partial charge in [-0.05, 0) is 18.9 Å². The Morgan fingerprint density at radius 1 is 1.53 bits per heavy atom. The highest BCUT2D eigenvalue weighted by atomic mass is 16.6. The molecule has 0 saturated carbocycles. The summed E-state index contributed by atoms with van der Waals surface area (Å²) in [5.74, 6) is 0. The van der Waals surface area contributed by atoms with E-state index in [9.17, 15) is 14.9 Å². The number of nitrogens with one attached hydrogen (secondary N) is 1. The third-order valence-corrected chi connectivity index (χ3v) is 3.05. The monoisotopic (exact) mass is 264 g/mol. The molecule has 1 aliphatic rings. The van der Waals surface area contributed by atoms with E-state index in [2.05, 4.69) is 5.32 Å². The Morgan fingerprint density at radius 2 is 2.32 bits per heavy atom. The average Bonchev–Trinajstić information content (AvgIpc) is 2.39. The first-order valence-electron chi connectivity index (χ1n) is 6.12. The van der Waals surface area contributed by atoms with Gasteiger partial charge in [-0.15, -0.1) is 0 Å². The maximum Gasteiger partial charge on any atom is 0.321 e. The summed E-state index contributed by atoms with van der Waals surface area (Å²) in [4.78, 5) is 23.8. The van der Waals surface area contributed by atoms with Crippen LogP contribution in [0.2, 0.25) is 0 Å². The summed E-state index contributed by atoms with van der Waals surface area (Å²) < 4.78 is 0. The van der Waals surface area contributed by atoms with Gasteiger partial charge in [0.25, 0.3) is 5.69 Å². The molecule has 1 fully saturated rings. The summed E-state index contributed by atoms with van der Waals surface area (Å²) in [7, 11) is 0. The molecule has 0 radical (unpaired) electrons. The van der Waals surface area contributed by atoms with Crippen molar-refractivity contribution in [2.75, 3.05) is 18.4 Å². The van der Waals surface area contributed by atoms with E-state index in [1.807, 2.05) is 0 Å². The molecule has 2 rings (SSSR count). The van der Waals surface area contributed by atoms with Crippen molar-refractivity contribution >= 4 is 17.4 Å². The van der Waals surface area contributed by atoms with Crippen molar-refractivity contribution in [3.8, 4) is 0 Å². The summed E-state index contributed by atoms with van der Waals surface area (Å²) >= 11 is 0. The van der Waals surface area contributed by atoms with Crippen LogP contribution in [0, 0.1) is 10.1 Å². The average molecular weight is 264 g/mol. The van der Waals surface area contributed by atoms with Crippen LogP contribution in [-0.4, -0.2) is 35.0 Å². The number of nitrogens with zero attached hydrogens (tertiary/aromatic N) is 2. The van der Waals surface area contributed by atoms with Gasteiger partial charge in [0.05, 0.1) is 4.92 Å². The Hall–Kier alpha value is -2.15. The number of hydrogen-bond donors (Lipinski definition) is 2. The molecule has 3 N–H and O–H groups in total. The summed E-state index contributed by atoms with van der Waals surface area (Å²) in [6, 6.07) is 5.61. The molecule has 102 valence electrons. The largest absolute Gasteiger partial charge is 0.326 e. The maximum atomic E-state index is 12.0. The number of likely N-dealkylation sites (tertiary alicyclic amines) is 1. The van der Waals surface area contributed by atoms with Crippen LogP contribution in [0.5, 0.6) is 0 Å². The van der Waals surface area contributed by atoms with E-state index in [0.29, 0.717) is 18.8 Å². The number of piperidine rings is 1. The minimum Gasteiger partial charge on any atom is -0.326 e. The number of nitro groups is 1. The van der Waals surface area contributed by atoms with Crippen LogP contribution in [0.15, 0.2) is 24.3 Å². The van der Waals surface area contributed by atoms with Gasteiger partial charge in [-0.3, -0.25) is 10.1 Å². The molecule has 1 aromatic rings. The van der Waals surface area contributed by atoms with Gasteiger partial charge in [0, 0.05) is 37.0 Å². The Labute approximate surface area is 110 Å². The van der Waals surface area contributed by atoms with Gasteiger partial charge in [-0.25, -0.2) is 4.79 Å². The molecule has 19 heavy (non-hydrogen) atoms. The van der Waals surface area contributed by atoms with Crippen LogP contribution < -0.4 is 11.1 Å². The molecule has 1 saturated heterocycles. The number of nitro benzene ring substituents is 1. The van der Waals surface area contributed by atoms with Crippen LogP contribution in [0.1, 0.15) is 12.8 Å². The van der Waals surface area contributed by atoms with Crippen LogP contribution in [0.3, 0.4) is 0 Å². The van der Waals surface area contributed by atoms with E-state index in [4.69, 9.17) is 5.73 Å². The highest BCUT2D eigenvalue weighted by Crippen LogP contribution is 2.18. The standard InChI is InChI=1S/C12H16N4O3/c13-9-3-2-6-15(8-9)12(17)14-10-4-1-5-11(7-10)16(18)19/h1,4-5,7,9H,2-3,6,8,13H2,(H,14,17). The number of amides is 2. The van der Waals surface area contributed by atoms with Crippen molar-refractivity contribution < 1.29 is 9.72 Å². The number of benzene rings is 1. The van der Waals surface area contributed by atoms with E-state index in [1.54, 1.807) is 11.0 Å². The van der Waals surface area contributed by atoms with Gasteiger partial charge < -0.3 is 16.0 Å². The van der Waals surface area contributed by atoms with Crippen LogP contribution in [0.25, 0.3) is 0 Å². The number of carbonyl (C=O) groups excluding carboxylic acids is 1. The second-order valence-corrected chi connectivity index (χ2v) is 4.59. The lowest BCUT2D eigenvalue weighted by atomic mass is 10.1. The quantitative estimate of drug-likeness (QED) is 0.625. The SMILES string of the molecule is NC1CCCN(C(=O)Nc2cccc([N+](=O)[O-])c2)C1. The van der Waals surface area contributed by atoms with Crippen molar-refractivity contribution in [1.82, 2.24) is 4.90 Å². The second-order valence-electron chi connectivity index (χ2n) is 4.59. The third-order valence-electron chi connectivity index (χ3n) is 3.05. The number of urea groups is 1. The molecule has 1 heterocycles. The molecule has 1 aliphatic heterocycles. The predicted molar refractivity (Wildman–Crippen MR) is 70.9 cm³/mol. The summed E-state index contributed by atoms with van der Waals surface area (Å²) in [5.41, 5.74) is 6.18. The van der Waals surface area contributed by atoms with E-state index in [1.165, 1.54) is 18.2 Å². The van der Waals surface area contributed by atoms with Crippen molar-refractivity contribution in [2.45, 2.75) is 18.9 Å². The minimum atomic E-state index is -0.494. The summed E-state index contributed by atoms with van der Waals surface area (Å²) in [5, 5.41) is 13.3. The van der Waals surface area contributed by atoms with Crippen molar-refractivity contribution in [1.29, 1.82) is 0 Å². The lowest BCUT2D eigenvalue weighted by molar-refractivity contribution is -0.384. The zero-order chi connectivity index (χ0) is 13.8. The first-order valence-corrected chi connectivity index (χ1v) is 6.12. The van der Waals surface area contributed by atoms with Crippen molar-refractivity contribution in [2.24, 2.45) is 5.73 Å². The molecular weight excluding hydrogens is 248 g/mol. The van der Waals surface area contributed by atoms with Crippen molar-refractivity contribution in [3.63, 3.8) is 0 Å². The number of nitrogens with two attached hydrogens (primary N) is 1. The fraction of sp³-hybridized carbons (Fsp3) is 0.417. The molecule has 1 unspecified atom stereocenters. The van der Waals surface area contributed by atoms with Crippen molar-refractivity contribution in [3.05, 3.63) is 34.4 Å². The summed E-state index contributed by atoms with van der Waals surface area (Å²) in [6.07, 6.45) is 1.80. The molecule has 1 aromatic carbocycles. The number of carbonyl (C=O) groups is 1. The highest BCUT2D eigenvalue weighted by molar-refractivity contribution is 5.89. The Morgan fingerprint density at radius 3 is 3.00 bits per heavy atom. The Balaban J connectivity index is 2.02. The zero-order valence-corrected chi connectivity index (χ0v) is 10.4. The third kappa shape index (κ3) is 3.41. The van der Waals surface area contributed by atoms with Crippen LogP contribution in [0.4, 0.5) is 16.2 Å². The fourth-order valence-corrected chi connectivity index (χ4v) is 2.09. The number of anilines is 1. The zero-order valence-electron chi connectivity index (χ0n) is 10.4. The van der Waals surface area contributed by atoms with Gasteiger partial charge in [0.2, 0.25) is 0 Å².